The molecular formula is C12H24N2O2. The Balaban J connectivity index is 4.18. The maximum Gasteiger partial charge on any atom is 0.239 e. The van der Waals surface area contributed by atoms with Crippen molar-refractivity contribution >= 4 is 11.8 Å². The third-order valence-corrected chi connectivity index (χ3v) is 2.39. The molecule has 0 aromatic heterocycles. The van der Waals surface area contributed by atoms with E-state index >= 15 is 0 Å². The summed E-state index contributed by atoms with van der Waals surface area (Å²) >= 11 is 0. The molecule has 0 saturated carbocycles. The Morgan fingerprint density at radius 1 is 1.25 bits per heavy atom. The number of carbonyl (C=O) groups is 2. The Morgan fingerprint density at radius 3 is 2.19 bits per heavy atom. The SMILES string of the molecule is CCC(C)NC(=O)CN(CC(C)C)C(C)=O. The molecule has 0 spiro atoms. The first-order valence-corrected chi connectivity index (χ1v) is 5.91. The van der Waals surface area contributed by atoms with Crippen LogP contribution in [0.4, 0.5) is 0 Å². The van der Waals surface area contributed by atoms with Crippen molar-refractivity contribution in [3.63, 3.8) is 0 Å². The smallest absolute Gasteiger partial charge is 0.239 e. The molecule has 0 saturated heterocycles. The van der Waals surface area contributed by atoms with Gasteiger partial charge in [0.15, 0.2) is 0 Å². The zero-order valence-electron chi connectivity index (χ0n) is 11.0. The number of hydrogen-bond acceptors (Lipinski definition) is 2. The molecule has 1 N–H and O–H groups in total. The second-order valence-electron chi connectivity index (χ2n) is 4.67. The molecule has 0 rings (SSSR count). The standard InChI is InChI=1S/C12H24N2O2/c1-6-10(4)13-12(16)8-14(11(5)15)7-9(2)3/h9-10H,6-8H2,1-5H3,(H,13,16). The van der Waals surface area contributed by atoms with Crippen LogP contribution in [0.5, 0.6) is 0 Å². The molecule has 0 radical (unpaired) electrons. The van der Waals surface area contributed by atoms with Gasteiger partial charge in [-0.25, -0.2) is 0 Å². The maximum absolute atomic E-state index is 11.6. The zero-order chi connectivity index (χ0) is 12.7. The summed E-state index contributed by atoms with van der Waals surface area (Å²) in [7, 11) is 0. The third-order valence-electron chi connectivity index (χ3n) is 2.39. The first kappa shape index (κ1) is 14.9. The molecule has 2 amide bonds. The van der Waals surface area contributed by atoms with Crippen molar-refractivity contribution < 1.29 is 9.59 Å². The van der Waals surface area contributed by atoms with Gasteiger partial charge in [-0.1, -0.05) is 20.8 Å². The largest absolute Gasteiger partial charge is 0.352 e. The summed E-state index contributed by atoms with van der Waals surface area (Å²) in [5.41, 5.74) is 0. The van der Waals surface area contributed by atoms with E-state index in [9.17, 15) is 9.59 Å². The fraction of sp³-hybridized carbons (Fsp3) is 0.833. The van der Waals surface area contributed by atoms with Crippen LogP contribution in [0.25, 0.3) is 0 Å². The lowest BCUT2D eigenvalue weighted by atomic mass is 10.2. The number of hydrogen-bond donors (Lipinski definition) is 1. The van der Waals surface area contributed by atoms with Gasteiger partial charge in [-0.05, 0) is 19.3 Å². The summed E-state index contributed by atoms with van der Waals surface area (Å²) in [6, 6.07) is 0.167. The van der Waals surface area contributed by atoms with Gasteiger partial charge < -0.3 is 10.2 Å². The molecule has 94 valence electrons. The Kier molecular flexibility index (Phi) is 6.77. The number of carbonyl (C=O) groups excluding carboxylic acids is 2. The van der Waals surface area contributed by atoms with Crippen LogP contribution in [0.1, 0.15) is 41.0 Å². The lowest BCUT2D eigenvalue weighted by molar-refractivity contribution is -0.135. The molecule has 0 aromatic rings. The van der Waals surface area contributed by atoms with Crippen LogP contribution in [0.3, 0.4) is 0 Å². The highest BCUT2D eigenvalue weighted by Crippen LogP contribution is 1.99. The summed E-state index contributed by atoms with van der Waals surface area (Å²) in [5, 5.41) is 2.86. The van der Waals surface area contributed by atoms with Crippen LogP contribution in [0.15, 0.2) is 0 Å². The van der Waals surface area contributed by atoms with Crippen LogP contribution in [0.2, 0.25) is 0 Å². The van der Waals surface area contributed by atoms with Gasteiger partial charge in [-0.15, -0.1) is 0 Å². The molecule has 1 atom stereocenters. The molecule has 4 heteroatoms. The highest BCUT2D eigenvalue weighted by molar-refractivity contribution is 5.83. The zero-order valence-corrected chi connectivity index (χ0v) is 11.0. The molecule has 0 heterocycles. The van der Waals surface area contributed by atoms with Crippen molar-refractivity contribution in [3.8, 4) is 0 Å². The Hall–Kier alpha value is -1.06. The molecule has 0 aliphatic rings. The number of rotatable bonds is 6. The van der Waals surface area contributed by atoms with E-state index in [4.69, 9.17) is 0 Å². The molecule has 0 aliphatic carbocycles. The molecule has 0 aliphatic heterocycles. The van der Waals surface area contributed by atoms with Crippen molar-refractivity contribution in [3.05, 3.63) is 0 Å². The second-order valence-corrected chi connectivity index (χ2v) is 4.67. The Bertz CT molecular complexity index is 239. The Labute approximate surface area is 98.4 Å². The van der Waals surface area contributed by atoms with Crippen molar-refractivity contribution in [2.24, 2.45) is 5.92 Å². The predicted octanol–water partition coefficient (Wildman–Crippen LogP) is 1.41. The summed E-state index contributed by atoms with van der Waals surface area (Å²) in [6.45, 7) is 10.3. The summed E-state index contributed by atoms with van der Waals surface area (Å²) in [4.78, 5) is 24.5. The van der Waals surface area contributed by atoms with E-state index in [-0.39, 0.29) is 24.4 Å². The summed E-state index contributed by atoms with van der Waals surface area (Å²) in [6.07, 6.45) is 0.899. The van der Waals surface area contributed by atoms with E-state index in [1.165, 1.54) is 6.92 Å². The first-order valence-electron chi connectivity index (χ1n) is 5.91. The van der Waals surface area contributed by atoms with Crippen molar-refractivity contribution in [1.29, 1.82) is 0 Å². The second kappa shape index (κ2) is 7.25. The molecular weight excluding hydrogens is 204 g/mol. The molecule has 4 nitrogen and oxygen atoms in total. The van der Waals surface area contributed by atoms with E-state index in [0.717, 1.165) is 6.42 Å². The highest BCUT2D eigenvalue weighted by Gasteiger charge is 2.15. The lowest BCUT2D eigenvalue weighted by Gasteiger charge is -2.23. The van der Waals surface area contributed by atoms with E-state index in [1.54, 1.807) is 4.90 Å². The Morgan fingerprint density at radius 2 is 1.81 bits per heavy atom. The van der Waals surface area contributed by atoms with E-state index in [2.05, 4.69) is 5.32 Å². The highest BCUT2D eigenvalue weighted by atomic mass is 16.2. The quantitative estimate of drug-likeness (QED) is 0.747. The number of nitrogens with one attached hydrogen (secondary N) is 1. The molecule has 16 heavy (non-hydrogen) atoms. The average Bonchev–Trinajstić information content (AvgIpc) is 2.15. The van der Waals surface area contributed by atoms with Gasteiger partial charge in [0.05, 0.1) is 6.54 Å². The average molecular weight is 228 g/mol. The van der Waals surface area contributed by atoms with Crippen molar-refractivity contribution in [2.75, 3.05) is 13.1 Å². The molecule has 0 fully saturated rings. The minimum absolute atomic E-state index is 0.0481. The summed E-state index contributed by atoms with van der Waals surface area (Å²) in [5.74, 6) is 0.249. The van der Waals surface area contributed by atoms with Gasteiger partial charge in [0, 0.05) is 19.5 Å². The van der Waals surface area contributed by atoms with Crippen molar-refractivity contribution in [2.45, 2.75) is 47.1 Å². The van der Waals surface area contributed by atoms with E-state index in [1.807, 2.05) is 27.7 Å². The maximum atomic E-state index is 11.6. The predicted molar refractivity (Wildman–Crippen MR) is 65.0 cm³/mol. The van der Waals surface area contributed by atoms with Gasteiger partial charge in [0.25, 0.3) is 0 Å². The fourth-order valence-corrected chi connectivity index (χ4v) is 1.34. The normalized spacial score (nSPS) is 12.4. The van der Waals surface area contributed by atoms with Gasteiger partial charge in [-0.2, -0.15) is 0 Å². The number of nitrogens with zero attached hydrogens (tertiary/aromatic N) is 1. The van der Waals surface area contributed by atoms with Gasteiger partial charge in [0.2, 0.25) is 11.8 Å². The topological polar surface area (TPSA) is 49.4 Å². The van der Waals surface area contributed by atoms with Crippen LogP contribution in [-0.4, -0.2) is 35.8 Å². The van der Waals surface area contributed by atoms with E-state index in [0.29, 0.717) is 12.5 Å². The minimum Gasteiger partial charge on any atom is -0.352 e. The third kappa shape index (κ3) is 6.43. The first-order chi connectivity index (χ1) is 7.36. The number of amides is 2. The van der Waals surface area contributed by atoms with Gasteiger partial charge in [0.1, 0.15) is 0 Å². The summed E-state index contributed by atoms with van der Waals surface area (Å²) < 4.78 is 0. The fourth-order valence-electron chi connectivity index (χ4n) is 1.34. The van der Waals surface area contributed by atoms with Gasteiger partial charge in [-0.3, -0.25) is 9.59 Å². The van der Waals surface area contributed by atoms with Crippen molar-refractivity contribution in [1.82, 2.24) is 10.2 Å². The molecule has 0 aromatic carbocycles. The minimum atomic E-state index is -0.0785. The lowest BCUT2D eigenvalue weighted by Crippen LogP contribution is -2.43. The van der Waals surface area contributed by atoms with Gasteiger partial charge >= 0.3 is 0 Å². The van der Waals surface area contributed by atoms with E-state index < -0.39 is 0 Å². The van der Waals surface area contributed by atoms with Crippen LogP contribution in [0, 0.1) is 5.92 Å². The molecule has 1 unspecified atom stereocenters. The van der Waals surface area contributed by atoms with Crippen LogP contribution in [-0.2, 0) is 9.59 Å². The molecule has 0 bridgehead atoms. The monoisotopic (exact) mass is 228 g/mol. The van der Waals surface area contributed by atoms with Crippen LogP contribution < -0.4 is 5.32 Å². The van der Waals surface area contributed by atoms with Crippen LogP contribution >= 0.6 is 0 Å².